The van der Waals surface area contributed by atoms with Gasteiger partial charge in [-0.2, -0.15) is 0 Å². The number of ether oxygens (including phenoxy) is 1. The number of carbonyl (C=O) groups is 1. The Hall–Kier alpha value is -2.62. The van der Waals surface area contributed by atoms with E-state index in [4.69, 9.17) is 9.94 Å². The molecule has 0 radical (unpaired) electrons. The van der Waals surface area contributed by atoms with Crippen LogP contribution in [0.15, 0.2) is 48.5 Å². The molecular formula is C20H27N3O5S. The molecule has 29 heavy (non-hydrogen) atoms. The summed E-state index contributed by atoms with van der Waals surface area (Å²) in [6, 6.07) is 13.1. The summed E-state index contributed by atoms with van der Waals surface area (Å²) in [4.78, 5) is 12.0. The summed E-state index contributed by atoms with van der Waals surface area (Å²) in [5.41, 5.74) is 3.07. The Morgan fingerprint density at radius 1 is 1.07 bits per heavy atom. The van der Waals surface area contributed by atoms with E-state index in [0.717, 1.165) is 16.1 Å². The maximum absolute atomic E-state index is 12.3. The predicted octanol–water partition coefficient (Wildman–Crippen LogP) is 2.43. The smallest absolute Gasteiger partial charge is 0.262 e. The summed E-state index contributed by atoms with van der Waals surface area (Å²) in [7, 11) is -3.68. The van der Waals surface area contributed by atoms with Crippen molar-refractivity contribution in [2.45, 2.75) is 32.9 Å². The van der Waals surface area contributed by atoms with Crippen molar-refractivity contribution in [2.75, 3.05) is 17.1 Å². The molecule has 0 aliphatic carbocycles. The average Bonchev–Trinajstić information content (AvgIpc) is 2.66. The van der Waals surface area contributed by atoms with Gasteiger partial charge in [-0.1, -0.05) is 31.5 Å². The quantitative estimate of drug-likeness (QED) is 0.424. The number of aryl methyl sites for hydroxylation is 1. The Morgan fingerprint density at radius 2 is 1.59 bits per heavy atom. The highest BCUT2D eigenvalue weighted by Gasteiger charge is 2.27. The average molecular weight is 422 g/mol. The van der Waals surface area contributed by atoms with Gasteiger partial charge in [-0.3, -0.25) is 14.3 Å². The van der Waals surface area contributed by atoms with Gasteiger partial charge in [-0.15, -0.1) is 0 Å². The molecule has 1 unspecified atom stereocenters. The van der Waals surface area contributed by atoms with Gasteiger partial charge in [0.25, 0.3) is 5.91 Å². The van der Waals surface area contributed by atoms with Crippen molar-refractivity contribution in [3.8, 4) is 11.5 Å². The number of carbonyl (C=O) groups excluding carboxylic acids is 1. The van der Waals surface area contributed by atoms with Gasteiger partial charge >= 0.3 is 0 Å². The third-order valence-electron chi connectivity index (χ3n) is 4.09. The van der Waals surface area contributed by atoms with Gasteiger partial charge in [0.05, 0.1) is 18.5 Å². The number of nitrogens with one attached hydrogen (secondary N) is 2. The Kier molecular flexibility index (Phi) is 7.60. The molecule has 0 aliphatic rings. The molecule has 0 aromatic heterocycles. The van der Waals surface area contributed by atoms with E-state index in [2.05, 4.69) is 5.32 Å². The number of amides is 1. The van der Waals surface area contributed by atoms with Crippen LogP contribution in [0.1, 0.15) is 19.4 Å². The minimum Gasteiger partial charge on any atom is -0.457 e. The molecule has 2 aromatic rings. The fraction of sp³-hybridized carbons (Fsp3) is 0.350. The van der Waals surface area contributed by atoms with Gasteiger partial charge in [0, 0.05) is 6.04 Å². The molecular weight excluding hydrogens is 394 g/mol. The third-order valence-corrected chi connectivity index (χ3v) is 5.25. The fourth-order valence-corrected chi connectivity index (χ4v) is 3.64. The van der Waals surface area contributed by atoms with E-state index < -0.39 is 22.0 Å². The lowest BCUT2D eigenvalue weighted by Gasteiger charge is -2.28. The summed E-state index contributed by atoms with van der Waals surface area (Å²) in [5, 5.41) is 11.9. The minimum atomic E-state index is -3.68. The van der Waals surface area contributed by atoms with Gasteiger partial charge < -0.3 is 10.1 Å². The van der Waals surface area contributed by atoms with E-state index in [1.807, 2.05) is 45.0 Å². The van der Waals surface area contributed by atoms with Crippen LogP contribution in [0.3, 0.4) is 0 Å². The third kappa shape index (κ3) is 6.74. The van der Waals surface area contributed by atoms with Crippen molar-refractivity contribution in [3.63, 3.8) is 0 Å². The van der Waals surface area contributed by atoms with Crippen molar-refractivity contribution in [3.05, 3.63) is 54.1 Å². The molecule has 2 rings (SSSR count). The highest BCUT2D eigenvalue weighted by atomic mass is 32.2. The maximum Gasteiger partial charge on any atom is 0.262 e. The molecule has 0 saturated carbocycles. The fourth-order valence-electron chi connectivity index (χ4n) is 2.71. The Labute approximate surface area is 171 Å². The lowest BCUT2D eigenvalue weighted by atomic mass is 10.2. The number of anilines is 1. The molecule has 0 spiro atoms. The second-order valence-electron chi connectivity index (χ2n) is 7.05. The first kappa shape index (κ1) is 22.7. The highest BCUT2D eigenvalue weighted by molar-refractivity contribution is 7.92. The van der Waals surface area contributed by atoms with Crippen LogP contribution in [0.2, 0.25) is 0 Å². The molecule has 1 amide bonds. The molecule has 0 aliphatic heterocycles. The number of sulfonamides is 1. The summed E-state index contributed by atoms with van der Waals surface area (Å²) in [6.45, 7) is 5.44. The van der Waals surface area contributed by atoms with Crippen molar-refractivity contribution in [2.24, 2.45) is 0 Å². The lowest BCUT2D eigenvalue weighted by molar-refractivity contribution is -0.131. The summed E-state index contributed by atoms with van der Waals surface area (Å²) in [5.74, 6) is 0.506. The van der Waals surface area contributed by atoms with Crippen molar-refractivity contribution in [1.82, 2.24) is 10.8 Å². The molecule has 0 saturated heterocycles. The largest absolute Gasteiger partial charge is 0.457 e. The number of rotatable bonds is 9. The van der Waals surface area contributed by atoms with E-state index in [-0.39, 0.29) is 12.6 Å². The summed E-state index contributed by atoms with van der Waals surface area (Å²) >= 11 is 0. The molecule has 0 fully saturated rings. The second-order valence-corrected chi connectivity index (χ2v) is 8.96. The van der Waals surface area contributed by atoms with Crippen LogP contribution in [0.5, 0.6) is 11.5 Å². The predicted molar refractivity (Wildman–Crippen MR) is 112 cm³/mol. The molecule has 9 heteroatoms. The SMILES string of the molecule is Cc1ccc(Oc2ccc(N(CC(NC(C)C)C(=O)NO)S(C)(=O)=O)cc2)cc1. The second kappa shape index (κ2) is 9.73. The van der Waals surface area contributed by atoms with E-state index in [1.165, 1.54) is 0 Å². The molecule has 3 N–H and O–H groups in total. The molecule has 8 nitrogen and oxygen atoms in total. The maximum atomic E-state index is 12.3. The van der Waals surface area contributed by atoms with Crippen LogP contribution in [0.25, 0.3) is 0 Å². The monoisotopic (exact) mass is 421 g/mol. The zero-order valence-corrected chi connectivity index (χ0v) is 17.7. The van der Waals surface area contributed by atoms with Crippen LogP contribution in [-0.2, 0) is 14.8 Å². The Morgan fingerprint density at radius 3 is 2.03 bits per heavy atom. The zero-order chi connectivity index (χ0) is 21.6. The van der Waals surface area contributed by atoms with Gasteiger partial charge in [-0.25, -0.2) is 13.9 Å². The topological polar surface area (TPSA) is 108 Å². The highest BCUT2D eigenvalue weighted by Crippen LogP contribution is 2.26. The van der Waals surface area contributed by atoms with E-state index in [0.29, 0.717) is 17.2 Å². The number of nitrogens with zero attached hydrogens (tertiary/aromatic N) is 1. The van der Waals surface area contributed by atoms with E-state index in [9.17, 15) is 13.2 Å². The number of hydrogen-bond donors (Lipinski definition) is 3. The van der Waals surface area contributed by atoms with Crippen LogP contribution in [0, 0.1) is 6.92 Å². The van der Waals surface area contributed by atoms with Crippen molar-refractivity contribution in [1.29, 1.82) is 0 Å². The van der Waals surface area contributed by atoms with Crippen LogP contribution in [0.4, 0.5) is 5.69 Å². The van der Waals surface area contributed by atoms with E-state index in [1.54, 1.807) is 29.7 Å². The Balaban J connectivity index is 2.23. The van der Waals surface area contributed by atoms with Crippen molar-refractivity contribution >= 4 is 21.6 Å². The van der Waals surface area contributed by atoms with Crippen LogP contribution < -0.4 is 19.8 Å². The van der Waals surface area contributed by atoms with Gasteiger partial charge in [-0.05, 0) is 43.3 Å². The van der Waals surface area contributed by atoms with Gasteiger partial charge in [0.15, 0.2) is 0 Å². The first-order valence-electron chi connectivity index (χ1n) is 9.12. The molecule has 2 aromatic carbocycles. The van der Waals surface area contributed by atoms with Gasteiger partial charge in [0.2, 0.25) is 10.0 Å². The summed E-state index contributed by atoms with van der Waals surface area (Å²) < 4.78 is 31.6. The summed E-state index contributed by atoms with van der Waals surface area (Å²) in [6.07, 6.45) is 1.06. The lowest BCUT2D eigenvalue weighted by Crippen LogP contribution is -2.53. The van der Waals surface area contributed by atoms with Crippen molar-refractivity contribution < 1.29 is 23.2 Å². The first-order valence-corrected chi connectivity index (χ1v) is 11.0. The molecule has 0 heterocycles. The van der Waals surface area contributed by atoms with E-state index >= 15 is 0 Å². The standard InChI is InChI=1S/C20H27N3O5S/c1-14(2)21-19(20(24)22-25)13-23(29(4,26)27)16-7-11-18(12-8-16)28-17-9-5-15(3)6-10-17/h5-12,14,19,21,25H,13H2,1-4H3,(H,22,24). The molecule has 158 valence electrons. The van der Waals surface area contributed by atoms with Crippen LogP contribution >= 0.6 is 0 Å². The normalized spacial score (nSPS) is 12.5. The van der Waals surface area contributed by atoms with Crippen LogP contribution in [-0.4, -0.2) is 44.4 Å². The zero-order valence-electron chi connectivity index (χ0n) is 16.9. The first-order chi connectivity index (χ1) is 13.6. The molecule has 1 atom stereocenters. The molecule has 0 bridgehead atoms. The van der Waals surface area contributed by atoms with Gasteiger partial charge in [0.1, 0.15) is 17.5 Å². The minimum absolute atomic E-state index is 0.0935. The number of hydrogen-bond acceptors (Lipinski definition) is 6. The number of hydroxylamine groups is 1. The Bertz CT molecular complexity index is 912. The number of benzene rings is 2.